The maximum Gasteiger partial charge on any atom is 0.252 e. The van der Waals surface area contributed by atoms with Gasteiger partial charge in [0, 0.05) is 40.9 Å². The van der Waals surface area contributed by atoms with Gasteiger partial charge in [-0.25, -0.2) is 9.37 Å². The lowest BCUT2D eigenvalue weighted by molar-refractivity contribution is 0.100. The number of carbonyl (C=O) groups excluding carboxylic acids is 1. The second-order valence-electron chi connectivity index (χ2n) is 7.31. The molecule has 1 aromatic carbocycles. The first-order valence-corrected chi connectivity index (χ1v) is 9.65. The lowest BCUT2D eigenvalue weighted by Crippen LogP contribution is -2.43. The molecule has 7 nitrogen and oxygen atoms in total. The molecule has 4 rings (SSSR count). The second-order valence-corrected chi connectivity index (χ2v) is 7.31. The smallest absolute Gasteiger partial charge is 0.252 e. The number of anilines is 3. The average Bonchev–Trinajstić information content (AvgIpc) is 2.72. The zero-order valence-corrected chi connectivity index (χ0v) is 15.9. The minimum Gasteiger partial charge on any atom is -0.365 e. The molecule has 1 saturated carbocycles. The molecule has 0 radical (unpaired) electrons. The minimum atomic E-state index is -0.762. The first-order valence-electron chi connectivity index (χ1n) is 9.65. The maximum atomic E-state index is 14.7. The summed E-state index contributed by atoms with van der Waals surface area (Å²) >= 11 is 0. The average molecular weight is 394 g/mol. The molecule has 1 fully saturated rings. The molecule has 1 aliphatic carbocycles. The number of fused-ring (bicyclic) bond motifs is 1. The van der Waals surface area contributed by atoms with Gasteiger partial charge in [-0.3, -0.25) is 9.78 Å². The Labute approximate surface area is 167 Å². The van der Waals surface area contributed by atoms with Crippen LogP contribution in [0.2, 0.25) is 0 Å². The fraction of sp³-hybridized carbons (Fsp3) is 0.286. The normalized spacial score (nSPS) is 19.1. The fourth-order valence-corrected chi connectivity index (χ4v) is 3.75. The summed E-state index contributed by atoms with van der Waals surface area (Å²) in [5.41, 5.74) is 12.3. The van der Waals surface area contributed by atoms with Crippen molar-refractivity contribution in [2.45, 2.75) is 37.8 Å². The molecule has 2 aromatic heterocycles. The van der Waals surface area contributed by atoms with Gasteiger partial charge in [-0.05, 0) is 31.0 Å². The Morgan fingerprint density at radius 2 is 2.00 bits per heavy atom. The van der Waals surface area contributed by atoms with Crippen LogP contribution in [0.15, 0.2) is 42.7 Å². The van der Waals surface area contributed by atoms with Crippen LogP contribution >= 0.6 is 0 Å². The van der Waals surface area contributed by atoms with Crippen molar-refractivity contribution in [3.8, 4) is 0 Å². The zero-order valence-electron chi connectivity index (χ0n) is 15.9. The van der Waals surface area contributed by atoms with Crippen molar-refractivity contribution in [3.05, 3.63) is 54.1 Å². The van der Waals surface area contributed by atoms with E-state index < -0.39 is 11.7 Å². The monoisotopic (exact) mass is 394 g/mol. The van der Waals surface area contributed by atoms with Gasteiger partial charge in [0.15, 0.2) is 11.6 Å². The van der Waals surface area contributed by atoms with Crippen molar-refractivity contribution in [1.82, 2.24) is 9.97 Å². The molecule has 2 atom stereocenters. The van der Waals surface area contributed by atoms with Gasteiger partial charge in [0.1, 0.15) is 5.82 Å². The van der Waals surface area contributed by atoms with Crippen molar-refractivity contribution in [2.75, 3.05) is 10.6 Å². The Morgan fingerprint density at radius 1 is 1.17 bits per heavy atom. The first-order chi connectivity index (χ1) is 14.0. The van der Waals surface area contributed by atoms with Gasteiger partial charge < -0.3 is 22.1 Å². The second kappa shape index (κ2) is 8.00. The van der Waals surface area contributed by atoms with Crippen molar-refractivity contribution in [1.29, 1.82) is 0 Å². The predicted molar refractivity (Wildman–Crippen MR) is 112 cm³/mol. The quantitative estimate of drug-likeness (QED) is 0.527. The largest absolute Gasteiger partial charge is 0.365 e. The first kappa shape index (κ1) is 19.1. The number of nitrogens with one attached hydrogen (secondary N) is 2. The Bertz CT molecular complexity index is 1050. The molecule has 0 aliphatic heterocycles. The minimum absolute atomic E-state index is 0.0212. The Morgan fingerprint density at radius 3 is 2.79 bits per heavy atom. The highest BCUT2D eigenvalue weighted by atomic mass is 19.1. The molecular weight excluding hydrogens is 371 g/mol. The Balaban J connectivity index is 1.72. The Hall–Kier alpha value is -3.26. The van der Waals surface area contributed by atoms with Gasteiger partial charge >= 0.3 is 0 Å². The molecule has 6 N–H and O–H groups in total. The molecule has 2 heterocycles. The summed E-state index contributed by atoms with van der Waals surface area (Å²) in [6.07, 6.45) is 7.25. The van der Waals surface area contributed by atoms with E-state index >= 15 is 0 Å². The lowest BCUT2D eigenvalue weighted by atomic mass is 9.91. The number of halogens is 1. The summed E-state index contributed by atoms with van der Waals surface area (Å²) in [6.45, 7) is 0. The molecule has 0 unspecified atom stereocenters. The highest BCUT2D eigenvalue weighted by Gasteiger charge is 2.24. The molecule has 29 heavy (non-hydrogen) atoms. The van der Waals surface area contributed by atoms with Crippen LogP contribution in [0.4, 0.5) is 21.7 Å². The number of aromatic nitrogens is 2. The number of hydrogen-bond acceptors (Lipinski definition) is 6. The molecule has 150 valence electrons. The van der Waals surface area contributed by atoms with E-state index in [1.54, 1.807) is 12.4 Å². The van der Waals surface area contributed by atoms with E-state index in [4.69, 9.17) is 11.5 Å². The molecule has 0 bridgehead atoms. The number of primary amides is 1. The van der Waals surface area contributed by atoms with Gasteiger partial charge in [-0.15, -0.1) is 0 Å². The number of rotatable bonds is 5. The number of pyridine rings is 2. The third-order valence-corrected chi connectivity index (χ3v) is 5.32. The van der Waals surface area contributed by atoms with Gasteiger partial charge in [0.2, 0.25) is 0 Å². The van der Waals surface area contributed by atoms with E-state index in [0.29, 0.717) is 5.69 Å². The van der Waals surface area contributed by atoms with E-state index in [1.165, 1.54) is 0 Å². The summed E-state index contributed by atoms with van der Waals surface area (Å²) in [6, 6.07) is 8.47. The highest BCUT2D eigenvalue weighted by molar-refractivity contribution is 6.01. The molecule has 1 amide bonds. The topological polar surface area (TPSA) is 119 Å². The number of amides is 1. The van der Waals surface area contributed by atoms with Crippen molar-refractivity contribution >= 4 is 34.0 Å². The van der Waals surface area contributed by atoms with Crippen LogP contribution in [-0.2, 0) is 0 Å². The Kier molecular flexibility index (Phi) is 5.26. The standard InChI is InChI=1S/C21H23FN6O/c22-15-10-14(19(24)29)20(28-21(15)27-18-6-2-1-5-16(18)23)26-17-7-3-4-12-11-25-9-8-13(12)17/h3-4,7-11,16,18H,1-2,5-6,23H2,(H2,24,29)(H2,26,27,28)/t16-,18+/m0/s1. The number of benzene rings is 1. The molecule has 0 spiro atoms. The molecule has 0 saturated heterocycles. The van der Waals surface area contributed by atoms with E-state index in [-0.39, 0.29) is 29.3 Å². The number of hydrogen-bond donors (Lipinski definition) is 4. The summed E-state index contributed by atoms with van der Waals surface area (Å²) < 4.78 is 14.7. The van der Waals surface area contributed by atoms with Gasteiger partial charge in [-0.2, -0.15) is 0 Å². The van der Waals surface area contributed by atoms with Crippen molar-refractivity contribution in [3.63, 3.8) is 0 Å². The van der Waals surface area contributed by atoms with Crippen LogP contribution < -0.4 is 22.1 Å². The third kappa shape index (κ3) is 3.97. The fourth-order valence-electron chi connectivity index (χ4n) is 3.75. The number of nitrogens with two attached hydrogens (primary N) is 2. The van der Waals surface area contributed by atoms with E-state index in [9.17, 15) is 9.18 Å². The van der Waals surface area contributed by atoms with Crippen LogP contribution in [0, 0.1) is 5.82 Å². The van der Waals surface area contributed by atoms with Crippen molar-refractivity contribution in [2.24, 2.45) is 11.5 Å². The van der Waals surface area contributed by atoms with Crippen LogP contribution in [-0.4, -0.2) is 28.0 Å². The summed E-state index contributed by atoms with van der Waals surface area (Å²) in [5, 5.41) is 8.07. The van der Waals surface area contributed by atoms with E-state index in [0.717, 1.165) is 42.5 Å². The summed E-state index contributed by atoms with van der Waals surface area (Å²) in [4.78, 5) is 20.4. The van der Waals surface area contributed by atoms with Crippen LogP contribution in [0.5, 0.6) is 0 Å². The number of carbonyl (C=O) groups is 1. The molecule has 8 heteroatoms. The van der Waals surface area contributed by atoms with E-state index in [2.05, 4.69) is 20.6 Å². The molecular formula is C21H23FN6O. The van der Waals surface area contributed by atoms with Crippen molar-refractivity contribution < 1.29 is 9.18 Å². The summed E-state index contributed by atoms with van der Waals surface area (Å²) in [5.74, 6) is -1.15. The predicted octanol–water partition coefficient (Wildman–Crippen LogP) is 3.29. The van der Waals surface area contributed by atoms with E-state index in [1.807, 2.05) is 24.3 Å². The maximum absolute atomic E-state index is 14.7. The van der Waals surface area contributed by atoms with Crippen LogP contribution in [0.3, 0.4) is 0 Å². The number of nitrogens with zero attached hydrogens (tertiary/aromatic N) is 2. The van der Waals surface area contributed by atoms with Crippen LogP contribution in [0.1, 0.15) is 36.0 Å². The highest BCUT2D eigenvalue weighted by Crippen LogP contribution is 2.29. The van der Waals surface area contributed by atoms with Gasteiger partial charge in [0.25, 0.3) is 5.91 Å². The zero-order chi connectivity index (χ0) is 20.4. The molecule has 1 aliphatic rings. The third-order valence-electron chi connectivity index (χ3n) is 5.32. The van der Waals surface area contributed by atoms with Crippen LogP contribution in [0.25, 0.3) is 10.8 Å². The SMILES string of the molecule is NC(=O)c1cc(F)c(N[C@@H]2CCCC[C@@H]2N)nc1Nc1cccc2cnccc12. The molecule has 3 aromatic rings. The lowest BCUT2D eigenvalue weighted by Gasteiger charge is -2.30. The van der Waals surface area contributed by atoms with Gasteiger partial charge in [-0.1, -0.05) is 25.0 Å². The summed E-state index contributed by atoms with van der Waals surface area (Å²) in [7, 11) is 0. The van der Waals surface area contributed by atoms with Gasteiger partial charge in [0.05, 0.1) is 5.56 Å².